The van der Waals surface area contributed by atoms with Crippen LogP contribution in [0.1, 0.15) is 23.2 Å². The van der Waals surface area contributed by atoms with Gasteiger partial charge in [0.1, 0.15) is 10.7 Å². The lowest BCUT2D eigenvalue weighted by atomic mass is 10.1. The molecule has 2 aromatic carbocycles. The summed E-state index contributed by atoms with van der Waals surface area (Å²) in [6.45, 7) is 1.69. The molecule has 2 heterocycles. The molecule has 0 spiro atoms. The van der Waals surface area contributed by atoms with Crippen LogP contribution in [0.5, 0.6) is 0 Å². The Morgan fingerprint density at radius 2 is 1.89 bits per heavy atom. The molecule has 9 heteroatoms. The van der Waals surface area contributed by atoms with Crippen LogP contribution in [0.15, 0.2) is 46.7 Å². The first-order valence-corrected chi connectivity index (χ1v) is 11.0. The molecule has 0 bridgehead atoms. The lowest BCUT2D eigenvalue weighted by Gasteiger charge is -2.19. The number of nitrogens with one attached hydrogen (secondary N) is 1. The van der Waals surface area contributed by atoms with E-state index in [0.29, 0.717) is 4.70 Å². The summed E-state index contributed by atoms with van der Waals surface area (Å²) in [6, 6.07) is 8.60. The molecule has 0 unspecified atom stereocenters. The van der Waals surface area contributed by atoms with E-state index in [1.807, 2.05) is 0 Å². The van der Waals surface area contributed by atoms with Crippen molar-refractivity contribution in [2.75, 3.05) is 22.7 Å². The van der Waals surface area contributed by atoms with Gasteiger partial charge in [0.25, 0.3) is 10.0 Å². The van der Waals surface area contributed by atoms with Gasteiger partial charge in [-0.15, -0.1) is 11.3 Å². The molecule has 2 N–H and O–H groups in total. The average Bonchev–Trinajstić information content (AvgIpc) is 3.31. The first-order valence-electron chi connectivity index (χ1n) is 8.67. The van der Waals surface area contributed by atoms with E-state index in [2.05, 4.69) is 9.62 Å². The molecule has 1 saturated heterocycles. The molecule has 6 nitrogen and oxygen atoms in total. The molecular weight excluding hydrogens is 403 g/mol. The second-order valence-electron chi connectivity index (χ2n) is 6.58. The Morgan fingerprint density at radius 3 is 2.61 bits per heavy atom. The van der Waals surface area contributed by atoms with Gasteiger partial charge in [-0.25, -0.2) is 17.6 Å². The van der Waals surface area contributed by atoms with E-state index in [1.54, 1.807) is 6.07 Å². The summed E-state index contributed by atoms with van der Waals surface area (Å²) in [5, 5.41) is 11.3. The van der Waals surface area contributed by atoms with Crippen molar-refractivity contribution in [3.8, 4) is 0 Å². The number of thiophene rings is 1. The maximum atomic E-state index is 13.6. The van der Waals surface area contributed by atoms with Crippen LogP contribution in [-0.2, 0) is 10.0 Å². The number of fused-ring (bicyclic) bond motifs is 1. The number of halogens is 1. The van der Waals surface area contributed by atoms with Crippen molar-refractivity contribution in [3.05, 3.63) is 53.2 Å². The SMILES string of the molecule is O=C(O)c1cc(N2CCCC2)ccc1NS(=O)(=O)c1csc2ccc(F)cc12. The van der Waals surface area contributed by atoms with Gasteiger partial charge in [0.15, 0.2) is 0 Å². The fourth-order valence-electron chi connectivity index (χ4n) is 3.36. The zero-order valence-corrected chi connectivity index (χ0v) is 16.3. The minimum atomic E-state index is -4.08. The van der Waals surface area contributed by atoms with E-state index in [9.17, 15) is 22.7 Å². The Balaban J connectivity index is 1.72. The van der Waals surface area contributed by atoms with Crippen LogP contribution in [-0.4, -0.2) is 32.6 Å². The number of benzene rings is 2. The second-order valence-corrected chi connectivity index (χ2v) is 9.14. The molecule has 3 aromatic rings. The monoisotopic (exact) mass is 420 g/mol. The van der Waals surface area contributed by atoms with Gasteiger partial charge in [0.2, 0.25) is 0 Å². The number of hydrogen-bond donors (Lipinski definition) is 2. The molecule has 1 aliphatic rings. The van der Waals surface area contributed by atoms with E-state index in [-0.39, 0.29) is 21.5 Å². The molecule has 0 atom stereocenters. The maximum absolute atomic E-state index is 13.6. The highest BCUT2D eigenvalue weighted by Gasteiger charge is 2.23. The van der Waals surface area contributed by atoms with Gasteiger partial charge in [0, 0.05) is 34.2 Å². The third kappa shape index (κ3) is 3.43. The van der Waals surface area contributed by atoms with Gasteiger partial charge >= 0.3 is 5.97 Å². The van der Waals surface area contributed by atoms with Crippen molar-refractivity contribution in [3.63, 3.8) is 0 Å². The van der Waals surface area contributed by atoms with E-state index >= 15 is 0 Å². The van der Waals surface area contributed by atoms with E-state index in [1.165, 1.54) is 41.0 Å². The Labute approximate surface area is 165 Å². The van der Waals surface area contributed by atoms with E-state index < -0.39 is 21.8 Å². The number of carbonyl (C=O) groups is 1. The van der Waals surface area contributed by atoms with Crippen LogP contribution < -0.4 is 9.62 Å². The van der Waals surface area contributed by atoms with Crippen LogP contribution >= 0.6 is 11.3 Å². The quantitative estimate of drug-likeness (QED) is 0.648. The predicted molar refractivity (Wildman–Crippen MR) is 107 cm³/mol. The van der Waals surface area contributed by atoms with E-state index in [4.69, 9.17) is 0 Å². The molecule has 1 aromatic heterocycles. The Kier molecular flexibility index (Phi) is 4.72. The molecule has 4 rings (SSSR count). The van der Waals surface area contributed by atoms with Crippen LogP contribution in [0.4, 0.5) is 15.8 Å². The standard InChI is InChI=1S/C19H17FN2O4S2/c20-12-3-6-17-15(9-12)18(11-27-17)28(25,26)21-16-5-4-13(10-14(16)19(23)24)22-7-1-2-8-22/h3-6,9-11,21H,1-2,7-8H2,(H,23,24). The molecule has 28 heavy (non-hydrogen) atoms. The second kappa shape index (κ2) is 7.06. The third-order valence-electron chi connectivity index (χ3n) is 4.74. The minimum Gasteiger partial charge on any atom is -0.478 e. The summed E-state index contributed by atoms with van der Waals surface area (Å²) in [6.07, 6.45) is 2.08. The summed E-state index contributed by atoms with van der Waals surface area (Å²) in [5.74, 6) is -1.76. The Bertz CT molecular complexity index is 1170. The fourth-order valence-corrected chi connectivity index (χ4v) is 5.91. The van der Waals surface area contributed by atoms with Crippen LogP contribution in [0.3, 0.4) is 0 Å². The largest absolute Gasteiger partial charge is 0.478 e. The van der Waals surface area contributed by atoms with Gasteiger partial charge in [-0.05, 0) is 49.2 Å². The van der Waals surface area contributed by atoms with Gasteiger partial charge in [0.05, 0.1) is 11.3 Å². The zero-order valence-electron chi connectivity index (χ0n) is 14.7. The van der Waals surface area contributed by atoms with Crippen molar-refractivity contribution in [2.45, 2.75) is 17.7 Å². The summed E-state index contributed by atoms with van der Waals surface area (Å²) in [7, 11) is -4.08. The first kappa shape index (κ1) is 18.7. The van der Waals surface area contributed by atoms with Crippen molar-refractivity contribution in [2.24, 2.45) is 0 Å². The van der Waals surface area contributed by atoms with Crippen LogP contribution in [0, 0.1) is 5.82 Å². The topological polar surface area (TPSA) is 86.7 Å². The van der Waals surface area contributed by atoms with Crippen molar-refractivity contribution >= 4 is 48.8 Å². The summed E-state index contributed by atoms with van der Waals surface area (Å²) < 4.78 is 42.3. The third-order valence-corrected chi connectivity index (χ3v) is 7.26. The molecule has 0 amide bonds. The van der Waals surface area contributed by atoms with Crippen LogP contribution in [0.25, 0.3) is 10.1 Å². The summed E-state index contributed by atoms with van der Waals surface area (Å²) in [4.78, 5) is 13.7. The normalized spacial score (nSPS) is 14.5. The Morgan fingerprint density at radius 1 is 1.14 bits per heavy atom. The predicted octanol–water partition coefficient (Wildman–Crippen LogP) is 4.14. The number of hydrogen-bond acceptors (Lipinski definition) is 5. The number of aromatic carboxylic acids is 1. The van der Waals surface area contributed by atoms with Crippen LogP contribution in [0.2, 0.25) is 0 Å². The average molecular weight is 420 g/mol. The van der Waals surface area contributed by atoms with Gasteiger partial charge in [-0.2, -0.15) is 0 Å². The lowest BCUT2D eigenvalue weighted by Crippen LogP contribution is -2.19. The highest BCUT2D eigenvalue weighted by Crippen LogP contribution is 2.33. The highest BCUT2D eigenvalue weighted by atomic mass is 32.2. The van der Waals surface area contributed by atoms with Crippen molar-refractivity contribution in [1.82, 2.24) is 0 Å². The number of anilines is 2. The summed E-state index contributed by atoms with van der Waals surface area (Å²) in [5.41, 5.74) is 0.603. The number of carboxylic acid groups (broad SMARTS) is 1. The van der Waals surface area contributed by atoms with Gasteiger partial charge in [-0.1, -0.05) is 0 Å². The summed E-state index contributed by atoms with van der Waals surface area (Å²) >= 11 is 1.18. The maximum Gasteiger partial charge on any atom is 0.337 e. The Hall–Kier alpha value is -2.65. The van der Waals surface area contributed by atoms with E-state index in [0.717, 1.165) is 37.7 Å². The molecule has 0 radical (unpaired) electrons. The number of rotatable bonds is 5. The van der Waals surface area contributed by atoms with Gasteiger partial charge < -0.3 is 10.0 Å². The lowest BCUT2D eigenvalue weighted by molar-refractivity contribution is 0.0698. The number of sulfonamides is 1. The number of carboxylic acids is 1. The first-order chi connectivity index (χ1) is 13.3. The molecule has 1 fully saturated rings. The number of nitrogens with zero attached hydrogens (tertiary/aromatic N) is 1. The molecular formula is C19H17FN2O4S2. The minimum absolute atomic E-state index is 0.0220. The molecule has 0 saturated carbocycles. The van der Waals surface area contributed by atoms with Crippen molar-refractivity contribution in [1.29, 1.82) is 0 Å². The van der Waals surface area contributed by atoms with Crippen molar-refractivity contribution < 1.29 is 22.7 Å². The molecule has 1 aliphatic heterocycles. The zero-order chi connectivity index (χ0) is 19.9. The molecule has 146 valence electrons. The highest BCUT2D eigenvalue weighted by molar-refractivity contribution is 7.93. The van der Waals surface area contributed by atoms with Gasteiger partial charge in [-0.3, -0.25) is 4.72 Å². The smallest absolute Gasteiger partial charge is 0.337 e. The fraction of sp³-hybridized carbons (Fsp3) is 0.211. The molecule has 0 aliphatic carbocycles.